The second kappa shape index (κ2) is 4.43. The molecule has 8 heteroatoms. The zero-order valence-electron chi connectivity index (χ0n) is 9.47. The number of halogens is 2. The Hall–Kier alpha value is -2.28. The molecular formula is C11H7ClFN5O. The van der Waals surface area contributed by atoms with Crippen molar-refractivity contribution in [1.29, 1.82) is 0 Å². The fourth-order valence-electron chi connectivity index (χ4n) is 1.77. The molecule has 0 radical (unpaired) electrons. The van der Waals surface area contributed by atoms with Gasteiger partial charge in [-0.15, -0.1) is 5.10 Å². The van der Waals surface area contributed by atoms with Crippen LogP contribution in [0.5, 0.6) is 0 Å². The number of hydrogen-bond donors (Lipinski definition) is 1. The van der Waals surface area contributed by atoms with Crippen LogP contribution >= 0.6 is 11.6 Å². The van der Waals surface area contributed by atoms with Crippen molar-refractivity contribution in [2.75, 3.05) is 0 Å². The van der Waals surface area contributed by atoms with Crippen LogP contribution in [0.2, 0.25) is 5.02 Å². The van der Waals surface area contributed by atoms with Crippen LogP contribution in [0, 0.1) is 5.82 Å². The number of rotatable bonds is 2. The monoisotopic (exact) mass is 279 g/mol. The Morgan fingerprint density at radius 1 is 1.42 bits per heavy atom. The summed E-state index contributed by atoms with van der Waals surface area (Å²) in [5.41, 5.74) is 0.176. The molecule has 3 aromatic rings. The quantitative estimate of drug-likeness (QED) is 0.768. The molecule has 1 N–H and O–H groups in total. The van der Waals surface area contributed by atoms with Crippen LogP contribution in [0.25, 0.3) is 11.0 Å². The number of nitrogens with one attached hydrogen (secondary N) is 1. The fraction of sp³-hybridized carbons (Fsp3) is 0.0909. The first-order chi connectivity index (χ1) is 9.16. The maximum absolute atomic E-state index is 13.7. The van der Waals surface area contributed by atoms with Gasteiger partial charge in [-0.25, -0.2) is 14.2 Å². The SMILES string of the molecule is O=c1[nH]nnc2c1cnn2Cc1c(F)cccc1Cl. The van der Waals surface area contributed by atoms with Crippen LogP contribution in [-0.2, 0) is 6.54 Å². The van der Waals surface area contributed by atoms with Gasteiger partial charge >= 0.3 is 0 Å². The highest BCUT2D eigenvalue weighted by Gasteiger charge is 2.12. The predicted molar refractivity (Wildman–Crippen MR) is 66.5 cm³/mol. The Morgan fingerprint density at radius 3 is 3.05 bits per heavy atom. The van der Waals surface area contributed by atoms with Gasteiger partial charge in [0.1, 0.15) is 11.2 Å². The Labute approximate surface area is 110 Å². The average Bonchev–Trinajstić information content (AvgIpc) is 2.79. The van der Waals surface area contributed by atoms with Gasteiger partial charge in [-0.05, 0) is 12.1 Å². The van der Waals surface area contributed by atoms with Crippen LogP contribution < -0.4 is 5.56 Å². The molecule has 0 aliphatic heterocycles. The molecule has 0 amide bonds. The molecule has 0 saturated carbocycles. The molecule has 2 heterocycles. The number of benzene rings is 1. The van der Waals surface area contributed by atoms with E-state index in [1.165, 1.54) is 23.0 Å². The zero-order valence-corrected chi connectivity index (χ0v) is 10.2. The largest absolute Gasteiger partial charge is 0.278 e. The average molecular weight is 280 g/mol. The summed E-state index contributed by atoms with van der Waals surface area (Å²) in [6.45, 7) is 0.0765. The third-order valence-corrected chi connectivity index (χ3v) is 3.08. The van der Waals surface area contributed by atoms with Gasteiger partial charge in [0.15, 0.2) is 5.65 Å². The van der Waals surface area contributed by atoms with Crippen molar-refractivity contribution in [2.45, 2.75) is 6.54 Å². The summed E-state index contributed by atoms with van der Waals surface area (Å²) >= 11 is 5.94. The Balaban J connectivity index is 2.12. The number of hydrogen-bond acceptors (Lipinski definition) is 4. The molecule has 6 nitrogen and oxygen atoms in total. The van der Waals surface area contributed by atoms with Gasteiger partial charge in [0.2, 0.25) is 0 Å². The standard InChI is InChI=1S/C11H7ClFN5O/c12-8-2-1-3-9(13)7(8)5-18-10-6(4-14-18)11(19)16-17-15-10/h1-4H,5H2,(H,15,16,19). The maximum Gasteiger partial charge on any atom is 0.278 e. The molecule has 2 aromatic heterocycles. The number of fused-ring (bicyclic) bond motifs is 1. The smallest absolute Gasteiger partial charge is 0.267 e. The second-order valence-electron chi connectivity index (χ2n) is 3.88. The number of aromatic amines is 1. The van der Waals surface area contributed by atoms with Gasteiger partial charge in [0.05, 0.1) is 12.7 Å². The minimum absolute atomic E-state index is 0.0765. The van der Waals surface area contributed by atoms with Crippen molar-refractivity contribution >= 4 is 22.6 Å². The van der Waals surface area contributed by atoms with Crippen molar-refractivity contribution in [1.82, 2.24) is 25.2 Å². The van der Waals surface area contributed by atoms with Crippen molar-refractivity contribution in [2.24, 2.45) is 0 Å². The van der Waals surface area contributed by atoms with E-state index in [9.17, 15) is 9.18 Å². The molecule has 1 aromatic carbocycles. The summed E-state index contributed by atoms with van der Waals surface area (Å²) in [7, 11) is 0. The first-order valence-corrected chi connectivity index (χ1v) is 5.74. The van der Waals surface area contributed by atoms with Gasteiger partial charge in [-0.1, -0.05) is 22.9 Å². The fourth-order valence-corrected chi connectivity index (χ4v) is 1.99. The van der Waals surface area contributed by atoms with Gasteiger partial charge in [0.25, 0.3) is 5.56 Å². The van der Waals surface area contributed by atoms with E-state index < -0.39 is 11.4 Å². The van der Waals surface area contributed by atoms with Gasteiger partial charge in [0, 0.05) is 10.6 Å². The second-order valence-corrected chi connectivity index (χ2v) is 4.29. The molecule has 0 atom stereocenters. The first kappa shape index (κ1) is 11.8. The van der Waals surface area contributed by atoms with Crippen LogP contribution in [0.3, 0.4) is 0 Å². The summed E-state index contributed by atoms with van der Waals surface area (Å²) in [4.78, 5) is 11.5. The molecule has 0 unspecified atom stereocenters. The summed E-state index contributed by atoms with van der Waals surface area (Å²) in [5, 5.41) is 14.0. The minimum atomic E-state index is -0.436. The molecule has 0 spiro atoms. The summed E-state index contributed by atoms with van der Waals surface area (Å²) < 4.78 is 15.1. The Bertz CT molecular complexity index is 792. The lowest BCUT2D eigenvalue weighted by atomic mass is 10.2. The van der Waals surface area contributed by atoms with Crippen LogP contribution in [0.15, 0.2) is 29.2 Å². The van der Waals surface area contributed by atoms with Crippen LogP contribution in [-0.4, -0.2) is 25.2 Å². The zero-order chi connectivity index (χ0) is 13.4. The normalized spacial score (nSPS) is 11.1. The Morgan fingerprint density at radius 2 is 2.26 bits per heavy atom. The highest BCUT2D eigenvalue weighted by atomic mass is 35.5. The lowest BCUT2D eigenvalue weighted by Gasteiger charge is -2.06. The highest BCUT2D eigenvalue weighted by Crippen LogP contribution is 2.20. The molecule has 0 aliphatic carbocycles. The van der Waals surface area contributed by atoms with Crippen LogP contribution in [0.1, 0.15) is 5.56 Å². The number of nitrogens with zero attached hydrogens (tertiary/aromatic N) is 4. The molecule has 0 saturated heterocycles. The topological polar surface area (TPSA) is 76.5 Å². The van der Waals surface area contributed by atoms with Crippen molar-refractivity contribution < 1.29 is 4.39 Å². The van der Waals surface area contributed by atoms with Crippen LogP contribution in [0.4, 0.5) is 4.39 Å². The van der Waals surface area contributed by atoms with E-state index in [1.54, 1.807) is 6.07 Å². The predicted octanol–water partition coefficient (Wildman–Crippen LogP) is 1.36. The van der Waals surface area contributed by atoms with Crippen molar-refractivity contribution in [3.8, 4) is 0 Å². The molecular weight excluding hydrogens is 273 g/mol. The third kappa shape index (κ3) is 1.97. The van der Waals surface area contributed by atoms with E-state index in [2.05, 4.69) is 20.5 Å². The van der Waals surface area contributed by atoms with Gasteiger partial charge < -0.3 is 0 Å². The van der Waals surface area contributed by atoms with Crippen molar-refractivity contribution in [3.05, 3.63) is 51.2 Å². The number of H-pyrrole nitrogens is 1. The molecule has 96 valence electrons. The molecule has 19 heavy (non-hydrogen) atoms. The van der Waals surface area contributed by atoms with E-state index >= 15 is 0 Å². The van der Waals surface area contributed by atoms with Crippen molar-refractivity contribution in [3.63, 3.8) is 0 Å². The lowest BCUT2D eigenvalue weighted by Crippen LogP contribution is -2.11. The first-order valence-electron chi connectivity index (χ1n) is 5.36. The number of aromatic nitrogens is 5. The van der Waals surface area contributed by atoms with Gasteiger partial charge in [-0.2, -0.15) is 5.10 Å². The highest BCUT2D eigenvalue weighted by molar-refractivity contribution is 6.31. The Kier molecular flexibility index (Phi) is 2.75. The van der Waals surface area contributed by atoms with E-state index in [0.717, 1.165) is 0 Å². The van der Waals surface area contributed by atoms with E-state index in [0.29, 0.717) is 10.4 Å². The summed E-state index contributed by atoms with van der Waals surface area (Å²) in [5.74, 6) is -0.436. The van der Waals surface area contributed by atoms with E-state index in [-0.39, 0.29) is 17.8 Å². The molecule has 0 aliphatic rings. The minimum Gasteiger partial charge on any atom is -0.267 e. The molecule has 3 rings (SSSR count). The van der Waals surface area contributed by atoms with E-state index in [4.69, 9.17) is 11.6 Å². The molecule has 0 fully saturated rings. The summed E-state index contributed by atoms with van der Waals surface area (Å²) in [6.07, 6.45) is 1.36. The summed E-state index contributed by atoms with van der Waals surface area (Å²) in [6, 6.07) is 4.42. The maximum atomic E-state index is 13.7. The van der Waals surface area contributed by atoms with Gasteiger partial charge in [-0.3, -0.25) is 4.79 Å². The van der Waals surface area contributed by atoms with E-state index in [1.807, 2.05) is 0 Å². The molecule has 0 bridgehead atoms. The lowest BCUT2D eigenvalue weighted by molar-refractivity contribution is 0.588. The third-order valence-electron chi connectivity index (χ3n) is 2.72.